The Labute approximate surface area is 158 Å². The van der Waals surface area contributed by atoms with Gasteiger partial charge in [0.15, 0.2) is 0 Å². The zero-order valence-corrected chi connectivity index (χ0v) is 14.6. The van der Waals surface area contributed by atoms with E-state index in [1.54, 1.807) is 30.3 Å². The minimum absolute atomic E-state index is 0.0905. The molecule has 1 atom stereocenters. The highest BCUT2D eigenvalue weighted by molar-refractivity contribution is 5.90. The molecule has 0 aliphatic rings. The topological polar surface area (TPSA) is 78.4 Å². The smallest absolute Gasteiger partial charge is 0.418 e. The van der Waals surface area contributed by atoms with Crippen LogP contribution in [-0.4, -0.2) is 23.1 Å². The Morgan fingerprint density at radius 2 is 1.75 bits per heavy atom. The SMILES string of the molecule is O=C(O)CCC(Cc1ccccc1)NC(=O)Nc1ccc(F)cc1C(F)(F)F. The standard InChI is InChI=1S/C19H18F4N2O3/c20-13-6-8-16(15(11-13)19(21,22)23)25-18(28)24-14(7-9-17(26)27)10-12-4-2-1-3-5-12/h1-6,8,11,14H,7,9-10H2,(H,26,27)(H2,24,25,28). The van der Waals surface area contributed by atoms with E-state index in [1.165, 1.54) is 0 Å². The summed E-state index contributed by atoms with van der Waals surface area (Å²) in [4.78, 5) is 23.0. The number of amides is 2. The average molecular weight is 398 g/mol. The molecule has 2 aromatic carbocycles. The van der Waals surface area contributed by atoms with Gasteiger partial charge in [0.2, 0.25) is 0 Å². The number of carbonyl (C=O) groups excluding carboxylic acids is 1. The number of aliphatic carboxylic acids is 1. The van der Waals surface area contributed by atoms with Crippen LogP contribution in [0.3, 0.4) is 0 Å². The summed E-state index contributed by atoms with van der Waals surface area (Å²) in [5.41, 5.74) is -1.08. The van der Waals surface area contributed by atoms with Gasteiger partial charge in [0.25, 0.3) is 0 Å². The summed E-state index contributed by atoms with van der Waals surface area (Å²) < 4.78 is 52.3. The number of carboxylic acids is 1. The molecule has 150 valence electrons. The lowest BCUT2D eigenvalue weighted by atomic mass is 10.0. The van der Waals surface area contributed by atoms with Gasteiger partial charge in [-0.2, -0.15) is 13.2 Å². The molecule has 0 bridgehead atoms. The Morgan fingerprint density at radius 3 is 2.36 bits per heavy atom. The molecule has 2 aromatic rings. The number of hydrogen-bond donors (Lipinski definition) is 3. The Hall–Kier alpha value is -3.10. The van der Waals surface area contributed by atoms with Gasteiger partial charge in [-0.25, -0.2) is 9.18 Å². The summed E-state index contributed by atoms with van der Waals surface area (Å²) in [6, 6.07) is 9.28. The first-order valence-corrected chi connectivity index (χ1v) is 8.35. The van der Waals surface area contributed by atoms with E-state index >= 15 is 0 Å². The van der Waals surface area contributed by atoms with Crippen LogP contribution in [0, 0.1) is 5.82 Å². The number of nitrogens with one attached hydrogen (secondary N) is 2. The van der Waals surface area contributed by atoms with Crippen LogP contribution in [-0.2, 0) is 17.4 Å². The van der Waals surface area contributed by atoms with E-state index in [0.29, 0.717) is 12.5 Å². The highest BCUT2D eigenvalue weighted by Crippen LogP contribution is 2.35. The summed E-state index contributed by atoms with van der Waals surface area (Å²) in [5.74, 6) is -2.14. The van der Waals surface area contributed by atoms with Crippen LogP contribution in [0.4, 0.5) is 28.0 Å². The fourth-order valence-electron chi connectivity index (χ4n) is 2.63. The first kappa shape index (κ1) is 21.2. The predicted octanol–water partition coefficient (Wildman–Crippen LogP) is 4.44. The third kappa shape index (κ3) is 6.57. The molecular weight excluding hydrogens is 380 g/mol. The van der Waals surface area contributed by atoms with Crippen LogP contribution in [0.25, 0.3) is 0 Å². The Morgan fingerprint density at radius 1 is 1.07 bits per heavy atom. The molecule has 2 amide bonds. The van der Waals surface area contributed by atoms with Crippen molar-refractivity contribution in [1.82, 2.24) is 5.32 Å². The molecule has 0 saturated heterocycles. The van der Waals surface area contributed by atoms with Crippen molar-refractivity contribution in [3.8, 4) is 0 Å². The van der Waals surface area contributed by atoms with Crippen molar-refractivity contribution in [3.63, 3.8) is 0 Å². The molecule has 1 unspecified atom stereocenters. The second-order valence-corrected chi connectivity index (χ2v) is 6.11. The lowest BCUT2D eigenvalue weighted by Gasteiger charge is -2.20. The molecule has 5 nitrogen and oxygen atoms in total. The quantitative estimate of drug-likeness (QED) is 0.604. The number of urea groups is 1. The summed E-state index contributed by atoms with van der Waals surface area (Å²) in [7, 11) is 0. The van der Waals surface area contributed by atoms with Crippen molar-refractivity contribution < 1.29 is 32.3 Å². The molecule has 0 aliphatic carbocycles. The Bertz CT molecular complexity index is 826. The number of hydrogen-bond acceptors (Lipinski definition) is 2. The lowest BCUT2D eigenvalue weighted by molar-refractivity contribution is -0.138. The van der Waals surface area contributed by atoms with Crippen LogP contribution in [0.5, 0.6) is 0 Å². The van der Waals surface area contributed by atoms with Gasteiger partial charge in [0.05, 0.1) is 11.3 Å². The number of halogens is 4. The zero-order chi connectivity index (χ0) is 20.7. The second kappa shape index (κ2) is 9.20. The molecule has 0 aliphatic heterocycles. The van der Waals surface area contributed by atoms with E-state index < -0.39 is 41.3 Å². The summed E-state index contributed by atoms with van der Waals surface area (Å²) in [5, 5.41) is 13.4. The van der Waals surface area contributed by atoms with E-state index in [0.717, 1.165) is 17.7 Å². The van der Waals surface area contributed by atoms with Gasteiger partial charge in [0, 0.05) is 12.5 Å². The van der Waals surface area contributed by atoms with E-state index in [9.17, 15) is 27.2 Å². The fourth-order valence-corrected chi connectivity index (χ4v) is 2.63. The van der Waals surface area contributed by atoms with Crippen LogP contribution in [0.2, 0.25) is 0 Å². The lowest BCUT2D eigenvalue weighted by Crippen LogP contribution is -2.40. The molecule has 3 N–H and O–H groups in total. The summed E-state index contributed by atoms with van der Waals surface area (Å²) in [6.07, 6.45) is -4.68. The molecule has 2 rings (SSSR count). The molecule has 0 aromatic heterocycles. The summed E-state index contributed by atoms with van der Waals surface area (Å²) >= 11 is 0. The van der Waals surface area contributed by atoms with Gasteiger partial charge >= 0.3 is 18.2 Å². The van der Waals surface area contributed by atoms with E-state index in [-0.39, 0.29) is 12.8 Å². The average Bonchev–Trinajstić information content (AvgIpc) is 2.61. The highest BCUT2D eigenvalue weighted by Gasteiger charge is 2.34. The highest BCUT2D eigenvalue weighted by atomic mass is 19.4. The largest absolute Gasteiger partial charge is 0.481 e. The van der Waals surface area contributed by atoms with Crippen LogP contribution < -0.4 is 10.6 Å². The van der Waals surface area contributed by atoms with Gasteiger partial charge < -0.3 is 15.7 Å². The maximum absolute atomic E-state index is 13.2. The molecule has 0 fully saturated rings. The summed E-state index contributed by atoms with van der Waals surface area (Å²) in [6.45, 7) is 0. The normalized spacial score (nSPS) is 12.3. The van der Waals surface area contributed by atoms with E-state index in [4.69, 9.17) is 5.11 Å². The van der Waals surface area contributed by atoms with Crippen LogP contribution in [0.1, 0.15) is 24.0 Å². The van der Waals surface area contributed by atoms with Crippen LogP contribution >= 0.6 is 0 Å². The molecule has 0 heterocycles. The van der Waals surface area contributed by atoms with Gasteiger partial charge in [-0.15, -0.1) is 0 Å². The molecule has 0 spiro atoms. The fraction of sp³-hybridized carbons (Fsp3) is 0.263. The monoisotopic (exact) mass is 398 g/mol. The van der Waals surface area contributed by atoms with Crippen molar-refractivity contribution in [2.24, 2.45) is 0 Å². The second-order valence-electron chi connectivity index (χ2n) is 6.11. The van der Waals surface area contributed by atoms with Crippen LogP contribution in [0.15, 0.2) is 48.5 Å². The molecule has 28 heavy (non-hydrogen) atoms. The first-order chi connectivity index (χ1) is 13.1. The Kier molecular flexibility index (Phi) is 6.97. The van der Waals surface area contributed by atoms with E-state index in [2.05, 4.69) is 10.6 Å². The molecule has 9 heteroatoms. The van der Waals surface area contributed by atoms with Gasteiger partial charge in [0.1, 0.15) is 5.82 Å². The minimum Gasteiger partial charge on any atom is -0.481 e. The number of carbonyl (C=O) groups is 2. The number of alkyl halides is 3. The zero-order valence-electron chi connectivity index (χ0n) is 14.6. The third-order valence-corrected chi connectivity index (χ3v) is 3.90. The molecule has 0 saturated carbocycles. The number of carboxylic acid groups (broad SMARTS) is 1. The number of rotatable bonds is 7. The van der Waals surface area contributed by atoms with Gasteiger partial charge in [-0.05, 0) is 36.6 Å². The van der Waals surface area contributed by atoms with Crippen molar-refractivity contribution >= 4 is 17.7 Å². The van der Waals surface area contributed by atoms with Crippen molar-refractivity contribution in [3.05, 3.63) is 65.5 Å². The van der Waals surface area contributed by atoms with Crippen molar-refractivity contribution in [2.45, 2.75) is 31.5 Å². The maximum Gasteiger partial charge on any atom is 0.418 e. The Balaban J connectivity index is 2.11. The number of anilines is 1. The third-order valence-electron chi connectivity index (χ3n) is 3.90. The van der Waals surface area contributed by atoms with E-state index in [1.807, 2.05) is 0 Å². The van der Waals surface area contributed by atoms with Crippen molar-refractivity contribution in [2.75, 3.05) is 5.32 Å². The van der Waals surface area contributed by atoms with Crippen molar-refractivity contribution in [1.29, 1.82) is 0 Å². The van der Waals surface area contributed by atoms with Gasteiger partial charge in [-0.3, -0.25) is 4.79 Å². The molecule has 0 radical (unpaired) electrons. The predicted molar refractivity (Wildman–Crippen MR) is 94.4 cm³/mol. The minimum atomic E-state index is -4.85. The van der Waals surface area contributed by atoms with Gasteiger partial charge in [-0.1, -0.05) is 30.3 Å². The number of benzene rings is 2. The first-order valence-electron chi connectivity index (χ1n) is 8.35. The maximum atomic E-state index is 13.2. The molecular formula is C19H18F4N2O3.